The second-order valence-electron chi connectivity index (χ2n) is 3.82. The summed E-state index contributed by atoms with van der Waals surface area (Å²) in [6, 6.07) is 2.40. The predicted octanol–water partition coefficient (Wildman–Crippen LogP) is 3.32. The predicted molar refractivity (Wildman–Crippen MR) is 54.1 cm³/mol. The molecule has 0 rings (SSSR count). The number of nitrogens with zero attached hydrogens (tertiary/aromatic N) is 3. The van der Waals surface area contributed by atoms with Gasteiger partial charge in [-0.15, -0.1) is 0 Å². The third kappa shape index (κ3) is 5.78. The summed E-state index contributed by atoms with van der Waals surface area (Å²) in [5, 5.41) is 20.1. The van der Waals surface area contributed by atoms with E-state index in [0.29, 0.717) is 0 Å². The van der Waals surface area contributed by atoms with E-state index < -0.39 is 42.7 Å². The molecule has 20 heavy (non-hydrogen) atoms. The zero-order valence-electron chi connectivity index (χ0n) is 10.1. The molecule has 0 aliphatic carbocycles. The Morgan fingerprint density at radius 2 is 1.55 bits per heavy atom. The number of nitriles is 2. The van der Waals surface area contributed by atoms with Crippen molar-refractivity contribution in [3.8, 4) is 12.1 Å². The first kappa shape index (κ1) is 18.0. The van der Waals surface area contributed by atoms with Crippen molar-refractivity contribution in [3.05, 3.63) is 0 Å². The average Bonchev–Trinajstić information content (AvgIpc) is 2.31. The van der Waals surface area contributed by atoms with Crippen molar-refractivity contribution in [3.63, 3.8) is 0 Å². The first-order valence-corrected chi connectivity index (χ1v) is 5.06. The maximum atomic E-state index is 12.5. The monoisotopic (exact) mass is 301 g/mol. The lowest BCUT2D eigenvalue weighted by Crippen LogP contribution is -2.31. The molecule has 112 valence electrons. The van der Waals surface area contributed by atoms with Crippen molar-refractivity contribution in [2.24, 2.45) is 10.6 Å². The second-order valence-corrected chi connectivity index (χ2v) is 3.82. The molecule has 0 aliphatic heterocycles. The van der Waals surface area contributed by atoms with E-state index in [0.717, 1.165) is 7.11 Å². The Morgan fingerprint density at radius 1 is 1.05 bits per heavy atom. The van der Waals surface area contributed by atoms with Crippen LogP contribution < -0.4 is 0 Å². The summed E-state index contributed by atoms with van der Waals surface area (Å²) in [4.78, 5) is 3.94. The molecule has 0 atom stereocenters. The fourth-order valence-electron chi connectivity index (χ4n) is 1.24. The highest BCUT2D eigenvalue weighted by Gasteiger charge is 2.45. The van der Waals surface area contributed by atoms with Gasteiger partial charge in [0.25, 0.3) is 0 Å². The van der Waals surface area contributed by atoms with Crippen molar-refractivity contribution in [1.29, 1.82) is 10.5 Å². The quantitative estimate of drug-likeness (QED) is 0.444. The minimum Gasteiger partial charge on any atom is -0.399 e. The van der Waals surface area contributed by atoms with Crippen LogP contribution in [-0.4, -0.2) is 25.2 Å². The average molecular weight is 301 g/mol. The molecule has 0 amide bonds. The minimum absolute atomic E-state index is 0.807. The van der Waals surface area contributed by atoms with Crippen molar-refractivity contribution in [1.82, 2.24) is 0 Å². The molecule has 0 heterocycles. The fourth-order valence-corrected chi connectivity index (χ4v) is 1.24. The van der Waals surface area contributed by atoms with Gasteiger partial charge in [-0.2, -0.15) is 36.9 Å². The number of hydrogen-bond acceptors (Lipinski definition) is 4. The maximum absolute atomic E-state index is 12.5. The maximum Gasteiger partial charge on any atom is 0.432 e. The van der Waals surface area contributed by atoms with Gasteiger partial charge in [-0.3, -0.25) is 0 Å². The van der Waals surface area contributed by atoms with Crippen LogP contribution in [-0.2, 0) is 4.84 Å². The molecular weight excluding hydrogens is 292 g/mol. The highest BCUT2D eigenvalue weighted by atomic mass is 19.4. The molecule has 0 spiro atoms. The summed E-state index contributed by atoms with van der Waals surface area (Å²) < 4.78 is 73.8. The molecule has 10 heteroatoms. The van der Waals surface area contributed by atoms with Crippen molar-refractivity contribution < 1.29 is 31.2 Å². The van der Waals surface area contributed by atoms with Gasteiger partial charge in [-0.05, 0) is 6.42 Å². The van der Waals surface area contributed by atoms with Crippen molar-refractivity contribution >= 4 is 5.71 Å². The van der Waals surface area contributed by atoms with Crippen LogP contribution >= 0.6 is 0 Å². The van der Waals surface area contributed by atoms with Gasteiger partial charge in [0, 0.05) is 12.8 Å². The largest absolute Gasteiger partial charge is 0.432 e. The van der Waals surface area contributed by atoms with Crippen LogP contribution in [0, 0.1) is 28.1 Å². The number of hydrogen-bond donors (Lipinski definition) is 0. The normalized spacial score (nSPS) is 13.6. The van der Waals surface area contributed by atoms with Crippen LogP contribution in [0.4, 0.5) is 26.3 Å². The van der Waals surface area contributed by atoms with Crippen LogP contribution in [0.5, 0.6) is 0 Å². The second kappa shape index (κ2) is 6.46. The number of rotatable bonds is 5. The fraction of sp³-hybridized carbons (Fsp3) is 0.700. The van der Waals surface area contributed by atoms with Gasteiger partial charge in [0.2, 0.25) is 0 Å². The first-order chi connectivity index (χ1) is 8.99. The third-order valence-electron chi connectivity index (χ3n) is 2.26. The SMILES string of the molecule is CON=C(CC(C#N)(C#N)CCC(F)(F)F)C(F)(F)F. The van der Waals surface area contributed by atoms with E-state index in [1.54, 1.807) is 0 Å². The zero-order valence-corrected chi connectivity index (χ0v) is 10.1. The Hall–Kier alpha value is -1.97. The molecule has 0 unspecified atom stereocenters. The van der Waals surface area contributed by atoms with E-state index >= 15 is 0 Å². The van der Waals surface area contributed by atoms with Crippen LogP contribution in [0.25, 0.3) is 0 Å². The van der Waals surface area contributed by atoms with E-state index in [4.69, 9.17) is 10.5 Å². The molecule has 0 saturated heterocycles. The number of oxime groups is 1. The zero-order chi connectivity index (χ0) is 16.0. The molecule has 0 radical (unpaired) electrons. The van der Waals surface area contributed by atoms with Crippen LogP contribution in [0.15, 0.2) is 5.16 Å². The highest BCUT2D eigenvalue weighted by molar-refractivity contribution is 5.90. The smallest absolute Gasteiger partial charge is 0.399 e. The van der Waals surface area contributed by atoms with E-state index in [2.05, 4.69) is 9.99 Å². The lowest BCUT2D eigenvalue weighted by atomic mass is 9.81. The molecule has 0 aromatic heterocycles. The Kier molecular flexibility index (Phi) is 5.82. The Balaban J connectivity index is 5.26. The summed E-state index contributed by atoms with van der Waals surface area (Å²) in [6.45, 7) is 0. The van der Waals surface area contributed by atoms with Gasteiger partial charge in [-0.1, -0.05) is 5.16 Å². The van der Waals surface area contributed by atoms with Crippen LogP contribution in [0.1, 0.15) is 19.3 Å². The highest BCUT2D eigenvalue weighted by Crippen LogP contribution is 2.35. The molecule has 0 aromatic carbocycles. The first-order valence-electron chi connectivity index (χ1n) is 5.06. The molecule has 4 nitrogen and oxygen atoms in total. The van der Waals surface area contributed by atoms with Gasteiger partial charge in [0.05, 0.1) is 12.1 Å². The summed E-state index contributed by atoms with van der Waals surface area (Å²) in [6.07, 6.45) is -13.6. The molecule has 0 aromatic rings. The molecule has 0 bridgehead atoms. The van der Waals surface area contributed by atoms with Gasteiger partial charge in [-0.25, -0.2) is 0 Å². The van der Waals surface area contributed by atoms with E-state index in [1.807, 2.05) is 0 Å². The van der Waals surface area contributed by atoms with Gasteiger partial charge in [0.1, 0.15) is 12.5 Å². The van der Waals surface area contributed by atoms with Crippen LogP contribution in [0.2, 0.25) is 0 Å². The van der Waals surface area contributed by atoms with Gasteiger partial charge >= 0.3 is 12.4 Å². The Bertz CT molecular complexity index is 426. The van der Waals surface area contributed by atoms with Crippen molar-refractivity contribution in [2.75, 3.05) is 7.11 Å². The number of alkyl halides is 6. The lowest BCUT2D eigenvalue weighted by Gasteiger charge is -2.20. The molecule has 0 fully saturated rings. The summed E-state index contributed by atoms with van der Waals surface area (Å²) >= 11 is 0. The summed E-state index contributed by atoms with van der Waals surface area (Å²) in [5.74, 6) is 0. The summed E-state index contributed by atoms with van der Waals surface area (Å²) in [7, 11) is 0.807. The third-order valence-corrected chi connectivity index (χ3v) is 2.26. The molecular formula is C10H9F6N3O. The standard InChI is InChI=1S/C10H9F6N3O/c1-20-19-7(10(14,15)16)4-8(5-17,6-18)2-3-9(11,12)13/h2-4H2,1H3. The Labute approximate surface area is 110 Å². The Morgan fingerprint density at radius 3 is 1.85 bits per heavy atom. The van der Waals surface area contributed by atoms with Gasteiger partial charge in [0.15, 0.2) is 5.71 Å². The van der Waals surface area contributed by atoms with E-state index in [1.165, 1.54) is 12.1 Å². The lowest BCUT2D eigenvalue weighted by molar-refractivity contribution is -0.138. The molecule has 0 aliphatic rings. The van der Waals surface area contributed by atoms with Gasteiger partial charge < -0.3 is 4.84 Å². The van der Waals surface area contributed by atoms with Crippen LogP contribution in [0.3, 0.4) is 0 Å². The molecule has 0 N–H and O–H groups in total. The topological polar surface area (TPSA) is 69.2 Å². The summed E-state index contributed by atoms with van der Waals surface area (Å²) in [5.41, 5.74) is -4.09. The van der Waals surface area contributed by atoms with Crippen molar-refractivity contribution in [2.45, 2.75) is 31.6 Å². The van der Waals surface area contributed by atoms with E-state index in [-0.39, 0.29) is 0 Å². The number of halogens is 6. The van der Waals surface area contributed by atoms with E-state index in [9.17, 15) is 26.3 Å². The minimum atomic E-state index is -5.01. The molecule has 0 saturated carbocycles.